The Hall–Kier alpha value is -0.190. The Bertz CT molecular complexity index is 584. The molecule has 1 atom stereocenters. The second-order valence-corrected chi connectivity index (χ2v) is 7.11. The predicted octanol–water partition coefficient (Wildman–Crippen LogP) is 6.15. The van der Waals surface area contributed by atoms with Gasteiger partial charge in [0.25, 0.3) is 0 Å². The molecule has 4 heteroatoms. The van der Waals surface area contributed by atoms with Crippen LogP contribution in [0.2, 0.25) is 0 Å². The summed E-state index contributed by atoms with van der Waals surface area (Å²) in [6, 6.07) is 13.2. The molecular formula is C16H14Br3F. The monoisotopic (exact) mass is 462 g/mol. The molecule has 1 unspecified atom stereocenters. The highest BCUT2D eigenvalue weighted by molar-refractivity contribution is 9.11. The van der Waals surface area contributed by atoms with Gasteiger partial charge < -0.3 is 0 Å². The van der Waals surface area contributed by atoms with E-state index in [4.69, 9.17) is 0 Å². The van der Waals surface area contributed by atoms with Gasteiger partial charge in [-0.2, -0.15) is 0 Å². The van der Waals surface area contributed by atoms with E-state index in [1.165, 1.54) is 17.7 Å². The molecule has 20 heavy (non-hydrogen) atoms. The molecular weight excluding hydrogens is 451 g/mol. The summed E-state index contributed by atoms with van der Waals surface area (Å²) in [6.45, 7) is 0. The summed E-state index contributed by atoms with van der Waals surface area (Å²) < 4.78 is 15.1. The molecule has 0 aliphatic heterocycles. The summed E-state index contributed by atoms with van der Waals surface area (Å²) in [5.74, 6) is 0.261. The van der Waals surface area contributed by atoms with E-state index in [1.54, 1.807) is 0 Å². The molecule has 0 saturated carbocycles. The van der Waals surface area contributed by atoms with Gasteiger partial charge >= 0.3 is 0 Å². The summed E-state index contributed by atoms with van der Waals surface area (Å²) in [5, 5.41) is 0.915. The Kier molecular flexibility index (Phi) is 6.24. The van der Waals surface area contributed by atoms with Crippen molar-refractivity contribution in [3.8, 4) is 0 Å². The molecule has 2 aromatic carbocycles. The fraction of sp³-hybridized carbons (Fsp3) is 0.250. The summed E-state index contributed by atoms with van der Waals surface area (Å²) >= 11 is 10.6. The Labute approximate surface area is 144 Å². The Morgan fingerprint density at radius 1 is 0.900 bits per heavy atom. The first kappa shape index (κ1) is 16.2. The molecule has 0 saturated heterocycles. The van der Waals surface area contributed by atoms with E-state index in [2.05, 4.69) is 66.0 Å². The van der Waals surface area contributed by atoms with Crippen molar-refractivity contribution < 1.29 is 4.39 Å². The third kappa shape index (κ3) is 4.40. The maximum Gasteiger partial charge on any atom is 0.124 e. The lowest BCUT2D eigenvalue weighted by atomic mass is 9.94. The first-order chi connectivity index (χ1) is 9.60. The van der Waals surface area contributed by atoms with Crippen LogP contribution in [0.5, 0.6) is 0 Å². The maximum absolute atomic E-state index is 13.1. The van der Waals surface area contributed by atoms with Crippen molar-refractivity contribution in [3.63, 3.8) is 0 Å². The molecule has 0 aliphatic carbocycles. The van der Waals surface area contributed by atoms with Gasteiger partial charge in [0.2, 0.25) is 0 Å². The molecule has 106 valence electrons. The average molecular weight is 465 g/mol. The van der Waals surface area contributed by atoms with Crippen LogP contribution < -0.4 is 0 Å². The van der Waals surface area contributed by atoms with Crippen molar-refractivity contribution in [2.75, 3.05) is 5.33 Å². The van der Waals surface area contributed by atoms with Gasteiger partial charge in [0.05, 0.1) is 0 Å². The van der Waals surface area contributed by atoms with Crippen LogP contribution in [0.1, 0.15) is 11.1 Å². The number of halogens is 4. The van der Waals surface area contributed by atoms with Gasteiger partial charge in [0.1, 0.15) is 5.82 Å². The average Bonchev–Trinajstić information content (AvgIpc) is 2.43. The molecule has 0 N–H and O–H groups in total. The zero-order chi connectivity index (χ0) is 14.5. The largest absolute Gasteiger partial charge is 0.207 e. The van der Waals surface area contributed by atoms with Gasteiger partial charge in [-0.15, -0.1) is 0 Å². The maximum atomic E-state index is 13.1. The van der Waals surface area contributed by atoms with E-state index in [-0.39, 0.29) is 5.82 Å². The molecule has 0 spiro atoms. The third-order valence-electron chi connectivity index (χ3n) is 3.21. The lowest BCUT2D eigenvalue weighted by Gasteiger charge is -2.16. The van der Waals surface area contributed by atoms with Crippen molar-refractivity contribution in [2.45, 2.75) is 12.8 Å². The lowest BCUT2D eigenvalue weighted by molar-refractivity contribution is 0.585. The fourth-order valence-electron chi connectivity index (χ4n) is 2.15. The topological polar surface area (TPSA) is 0 Å². The number of benzene rings is 2. The van der Waals surface area contributed by atoms with E-state index in [9.17, 15) is 4.39 Å². The van der Waals surface area contributed by atoms with Crippen molar-refractivity contribution >= 4 is 47.8 Å². The molecule has 0 amide bonds. The van der Waals surface area contributed by atoms with Crippen LogP contribution in [0.3, 0.4) is 0 Å². The smallest absolute Gasteiger partial charge is 0.124 e. The van der Waals surface area contributed by atoms with Crippen LogP contribution in [0.15, 0.2) is 51.4 Å². The fourth-order valence-corrected chi connectivity index (χ4v) is 3.57. The van der Waals surface area contributed by atoms with Crippen molar-refractivity contribution in [3.05, 3.63) is 68.4 Å². The third-order valence-corrected chi connectivity index (χ3v) is 5.64. The van der Waals surface area contributed by atoms with Gasteiger partial charge in [-0.25, -0.2) is 4.39 Å². The Balaban J connectivity index is 2.11. The van der Waals surface area contributed by atoms with E-state index in [1.807, 2.05) is 12.1 Å². The molecule has 0 aromatic heterocycles. The van der Waals surface area contributed by atoms with Crippen LogP contribution in [0.25, 0.3) is 0 Å². The lowest BCUT2D eigenvalue weighted by Crippen LogP contribution is -2.10. The number of hydrogen-bond donors (Lipinski definition) is 0. The minimum atomic E-state index is -0.207. The zero-order valence-electron chi connectivity index (χ0n) is 10.8. The van der Waals surface area contributed by atoms with E-state index < -0.39 is 0 Å². The summed E-state index contributed by atoms with van der Waals surface area (Å²) in [6.07, 6.45) is 1.89. The van der Waals surface area contributed by atoms with Gasteiger partial charge in [-0.05, 0) is 48.1 Å². The molecule has 0 fully saturated rings. The van der Waals surface area contributed by atoms with Gasteiger partial charge in [-0.1, -0.05) is 72.1 Å². The van der Waals surface area contributed by atoms with Crippen LogP contribution in [-0.2, 0) is 12.8 Å². The molecule has 2 aromatic rings. The van der Waals surface area contributed by atoms with Crippen LogP contribution >= 0.6 is 47.8 Å². The highest BCUT2D eigenvalue weighted by atomic mass is 79.9. The van der Waals surface area contributed by atoms with Crippen LogP contribution in [-0.4, -0.2) is 5.33 Å². The quantitative estimate of drug-likeness (QED) is 0.466. The second-order valence-electron chi connectivity index (χ2n) is 4.76. The zero-order valence-corrected chi connectivity index (χ0v) is 15.5. The predicted molar refractivity (Wildman–Crippen MR) is 92.9 cm³/mol. The van der Waals surface area contributed by atoms with Crippen LogP contribution in [0, 0.1) is 11.7 Å². The second kappa shape index (κ2) is 7.71. The molecule has 2 rings (SSSR count). The van der Waals surface area contributed by atoms with Crippen molar-refractivity contribution in [2.24, 2.45) is 5.92 Å². The molecule has 0 nitrogen and oxygen atoms in total. The van der Waals surface area contributed by atoms with E-state index in [0.29, 0.717) is 5.92 Å². The first-order valence-corrected chi connectivity index (χ1v) is 9.04. The SMILES string of the molecule is Fc1ccc(CC(CBr)Cc2ccccc2Br)c(Br)c1. The van der Waals surface area contributed by atoms with Gasteiger partial charge in [0, 0.05) is 14.3 Å². The standard InChI is InChI=1S/C16H14Br3F/c17-10-11(7-12-3-1-2-4-15(12)18)8-13-5-6-14(20)9-16(13)19/h1-6,9,11H,7-8,10H2. The van der Waals surface area contributed by atoms with Crippen molar-refractivity contribution in [1.29, 1.82) is 0 Å². The number of alkyl halides is 1. The minimum Gasteiger partial charge on any atom is -0.207 e. The van der Waals surface area contributed by atoms with Gasteiger partial charge in [0.15, 0.2) is 0 Å². The summed E-state index contributed by atoms with van der Waals surface area (Å²) in [4.78, 5) is 0. The minimum absolute atomic E-state index is 0.207. The molecule has 0 heterocycles. The highest BCUT2D eigenvalue weighted by Gasteiger charge is 2.13. The Morgan fingerprint density at radius 3 is 2.15 bits per heavy atom. The summed E-state index contributed by atoms with van der Waals surface area (Å²) in [7, 11) is 0. The van der Waals surface area contributed by atoms with Crippen LogP contribution in [0.4, 0.5) is 4.39 Å². The highest BCUT2D eigenvalue weighted by Crippen LogP contribution is 2.26. The molecule has 0 radical (unpaired) electrons. The molecule has 0 bridgehead atoms. The normalized spacial score (nSPS) is 12.4. The van der Waals surface area contributed by atoms with Crippen molar-refractivity contribution in [1.82, 2.24) is 0 Å². The van der Waals surface area contributed by atoms with E-state index in [0.717, 1.165) is 32.7 Å². The summed E-state index contributed by atoms with van der Waals surface area (Å²) in [5.41, 5.74) is 2.44. The first-order valence-electron chi connectivity index (χ1n) is 6.33. The van der Waals surface area contributed by atoms with E-state index >= 15 is 0 Å². The Morgan fingerprint density at radius 2 is 1.55 bits per heavy atom. The number of rotatable bonds is 5. The molecule has 0 aliphatic rings. The van der Waals surface area contributed by atoms with Gasteiger partial charge in [-0.3, -0.25) is 0 Å². The number of hydrogen-bond acceptors (Lipinski definition) is 0.